The highest BCUT2D eigenvalue weighted by Crippen LogP contribution is 2.36. The van der Waals surface area contributed by atoms with Gasteiger partial charge in [0.1, 0.15) is 11.8 Å². The zero-order valence-corrected chi connectivity index (χ0v) is 13.8. The Hall–Kier alpha value is -2.16. The lowest BCUT2D eigenvalue weighted by Crippen LogP contribution is -2.41. The van der Waals surface area contributed by atoms with E-state index in [9.17, 15) is 0 Å². The molecule has 0 N–H and O–H groups in total. The molecule has 2 heterocycles. The van der Waals surface area contributed by atoms with Crippen LogP contribution in [0.25, 0.3) is 11.1 Å². The van der Waals surface area contributed by atoms with Gasteiger partial charge in [0.25, 0.3) is 0 Å². The minimum Gasteiger partial charge on any atom is -0.399 e. The molecule has 0 spiro atoms. The highest BCUT2D eigenvalue weighted by molar-refractivity contribution is 6.62. The molecule has 0 radical (unpaired) electrons. The fourth-order valence-electron chi connectivity index (χ4n) is 2.48. The maximum absolute atomic E-state index is 8.95. The van der Waals surface area contributed by atoms with Crippen LogP contribution in [0.3, 0.4) is 0 Å². The smallest absolute Gasteiger partial charge is 0.399 e. The molecule has 1 fully saturated rings. The molecular weight excluding hydrogens is 287 g/mol. The van der Waals surface area contributed by atoms with Crippen LogP contribution in [0.4, 0.5) is 0 Å². The second kappa shape index (κ2) is 5.49. The number of hydrogen-bond donors (Lipinski definition) is 0. The van der Waals surface area contributed by atoms with Gasteiger partial charge in [-0.15, -0.1) is 0 Å². The van der Waals surface area contributed by atoms with Crippen molar-refractivity contribution in [3.05, 3.63) is 48.3 Å². The molecule has 0 saturated carbocycles. The molecule has 0 amide bonds. The first-order valence-corrected chi connectivity index (χ1v) is 7.64. The molecular formula is C18H19BN2O2. The lowest BCUT2D eigenvalue weighted by Gasteiger charge is -2.32. The molecule has 1 aromatic carbocycles. The zero-order valence-electron chi connectivity index (χ0n) is 13.8. The Morgan fingerprint density at radius 3 is 2.13 bits per heavy atom. The van der Waals surface area contributed by atoms with E-state index in [0.717, 1.165) is 16.6 Å². The third-order valence-electron chi connectivity index (χ3n) is 4.64. The maximum Gasteiger partial charge on any atom is 0.494 e. The molecule has 0 bridgehead atoms. The van der Waals surface area contributed by atoms with Gasteiger partial charge in [-0.25, -0.2) is 4.98 Å². The molecule has 23 heavy (non-hydrogen) atoms. The van der Waals surface area contributed by atoms with Crippen LogP contribution < -0.4 is 5.46 Å². The molecule has 0 unspecified atom stereocenters. The van der Waals surface area contributed by atoms with Gasteiger partial charge in [-0.1, -0.05) is 24.3 Å². The van der Waals surface area contributed by atoms with Crippen molar-refractivity contribution in [2.45, 2.75) is 38.9 Å². The summed E-state index contributed by atoms with van der Waals surface area (Å²) < 4.78 is 12.1. The summed E-state index contributed by atoms with van der Waals surface area (Å²) in [5.74, 6) is 0. The van der Waals surface area contributed by atoms with Gasteiger partial charge < -0.3 is 9.31 Å². The SMILES string of the molecule is CC1(C)OB(c2ccc(-c3ccnc(C#N)c3)cc2)OC1(C)C. The number of nitrogens with zero attached hydrogens (tertiary/aromatic N) is 2. The van der Waals surface area contributed by atoms with E-state index in [1.807, 2.05) is 58.0 Å². The van der Waals surface area contributed by atoms with E-state index < -0.39 is 0 Å². The second-order valence-corrected chi connectivity index (χ2v) is 6.75. The highest BCUT2D eigenvalue weighted by atomic mass is 16.7. The molecule has 3 rings (SSSR count). The van der Waals surface area contributed by atoms with Crippen molar-refractivity contribution in [3.63, 3.8) is 0 Å². The first-order chi connectivity index (χ1) is 10.8. The second-order valence-electron chi connectivity index (χ2n) is 6.75. The number of rotatable bonds is 2. The number of pyridine rings is 1. The number of hydrogen-bond acceptors (Lipinski definition) is 4. The lowest BCUT2D eigenvalue weighted by atomic mass is 9.78. The third-order valence-corrected chi connectivity index (χ3v) is 4.64. The van der Waals surface area contributed by atoms with Gasteiger partial charge in [-0.3, -0.25) is 0 Å². The Morgan fingerprint density at radius 1 is 0.957 bits per heavy atom. The van der Waals surface area contributed by atoms with Crippen molar-refractivity contribution in [2.75, 3.05) is 0 Å². The fourth-order valence-corrected chi connectivity index (χ4v) is 2.48. The Morgan fingerprint density at radius 2 is 1.57 bits per heavy atom. The van der Waals surface area contributed by atoms with Gasteiger partial charge in [0.05, 0.1) is 11.2 Å². The average molecular weight is 306 g/mol. The van der Waals surface area contributed by atoms with Gasteiger partial charge in [0, 0.05) is 6.20 Å². The predicted molar refractivity (Wildman–Crippen MR) is 90.1 cm³/mol. The molecule has 0 atom stereocenters. The van der Waals surface area contributed by atoms with E-state index >= 15 is 0 Å². The van der Waals surface area contributed by atoms with Crippen molar-refractivity contribution in [3.8, 4) is 17.2 Å². The molecule has 116 valence electrons. The van der Waals surface area contributed by atoms with Crippen LogP contribution in [0.2, 0.25) is 0 Å². The minimum absolute atomic E-state index is 0.344. The topological polar surface area (TPSA) is 55.1 Å². The van der Waals surface area contributed by atoms with Crippen molar-refractivity contribution < 1.29 is 9.31 Å². The van der Waals surface area contributed by atoms with Crippen LogP contribution in [-0.4, -0.2) is 23.3 Å². The average Bonchev–Trinajstić information content (AvgIpc) is 2.76. The molecule has 1 saturated heterocycles. The number of benzene rings is 1. The van der Waals surface area contributed by atoms with Gasteiger partial charge >= 0.3 is 7.12 Å². The Kier molecular flexibility index (Phi) is 3.75. The Labute approximate surface area is 137 Å². The van der Waals surface area contributed by atoms with Gasteiger partial charge in [0.2, 0.25) is 0 Å². The van der Waals surface area contributed by atoms with Crippen LogP contribution in [0.15, 0.2) is 42.6 Å². The molecule has 1 aromatic heterocycles. The summed E-state index contributed by atoms with van der Waals surface area (Å²) in [6.07, 6.45) is 1.65. The summed E-state index contributed by atoms with van der Waals surface area (Å²) in [6.45, 7) is 8.17. The van der Waals surface area contributed by atoms with Crippen LogP contribution in [-0.2, 0) is 9.31 Å². The highest BCUT2D eigenvalue weighted by Gasteiger charge is 2.51. The third kappa shape index (κ3) is 2.88. The molecule has 0 aliphatic carbocycles. The van der Waals surface area contributed by atoms with Crippen molar-refractivity contribution in [1.82, 2.24) is 4.98 Å². The van der Waals surface area contributed by atoms with E-state index in [1.54, 1.807) is 12.3 Å². The summed E-state index contributed by atoms with van der Waals surface area (Å²) in [5.41, 5.74) is 2.72. The van der Waals surface area contributed by atoms with Gasteiger partial charge in [-0.2, -0.15) is 5.26 Å². The predicted octanol–water partition coefficient (Wildman–Crippen LogP) is 2.92. The summed E-state index contributed by atoms with van der Waals surface area (Å²) in [7, 11) is -0.360. The minimum atomic E-state index is -0.360. The van der Waals surface area contributed by atoms with Crippen LogP contribution >= 0.6 is 0 Å². The summed E-state index contributed by atoms with van der Waals surface area (Å²) in [5, 5.41) is 8.95. The van der Waals surface area contributed by atoms with Crippen molar-refractivity contribution in [2.24, 2.45) is 0 Å². The largest absolute Gasteiger partial charge is 0.494 e. The summed E-state index contributed by atoms with van der Waals surface area (Å²) in [6, 6.07) is 13.8. The van der Waals surface area contributed by atoms with Crippen LogP contribution in [0, 0.1) is 11.3 Å². The van der Waals surface area contributed by atoms with Crippen molar-refractivity contribution >= 4 is 12.6 Å². The lowest BCUT2D eigenvalue weighted by molar-refractivity contribution is 0.00578. The normalized spacial score (nSPS) is 18.7. The standard InChI is InChI=1S/C18H19BN2O2/c1-17(2)18(3,4)23-19(22-17)15-7-5-13(6-8-15)14-9-10-21-16(11-14)12-20/h5-11H,1-4H3. The maximum atomic E-state index is 8.95. The van der Waals surface area contributed by atoms with Gasteiger partial charge in [0.15, 0.2) is 0 Å². The molecule has 2 aromatic rings. The zero-order chi connectivity index (χ0) is 16.7. The van der Waals surface area contributed by atoms with E-state index in [-0.39, 0.29) is 18.3 Å². The first kappa shape index (κ1) is 15.7. The number of nitriles is 1. The Bertz CT molecular complexity index is 747. The monoisotopic (exact) mass is 306 g/mol. The van der Waals surface area contributed by atoms with Gasteiger partial charge in [-0.05, 0) is 56.4 Å². The van der Waals surface area contributed by atoms with E-state index in [0.29, 0.717) is 5.69 Å². The van der Waals surface area contributed by atoms with Crippen molar-refractivity contribution in [1.29, 1.82) is 5.26 Å². The van der Waals surface area contributed by atoms with Crippen LogP contribution in [0.5, 0.6) is 0 Å². The first-order valence-electron chi connectivity index (χ1n) is 7.64. The summed E-state index contributed by atoms with van der Waals surface area (Å²) in [4.78, 5) is 3.99. The molecule has 1 aliphatic rings. The Balaban J connectivity index is 1.85. The van der Waals surface area contributed by atoms with E-state index in [4.69, 9.17) is 14.6 Å². The molecule has 4 nitrogen and oxygen atoms in total. The van der Waals surface area contributed by atoms with E-state index in [1.165, 1.54) is 0 Å². The molecule has 5 heteroatoms. The quantitative estimate of drug-likeness (QED) is 0.801. The summed E-state index contributed by atoms with van der Waals surface area (Å²) >= 11 is 0. The van der Waals surface area contributed by atoms with E-state index in [2.05, 4.69) is 11.1 Å². The fraction of sp³-hybridized carbons (Fsp3) is 0.333. The number of aromatic nitrogens is 1. The van der Waals surface area contributed by atoms with Crippen LogP contribution in [0.1, 0.15) is 33.4 Å². The molecule has 1 aliphatic heterocycles.